The molecule has 0 spiro atoms. The van der Waals surface area contributed by atoms with E-state index < -0.39 is 47.0 Å². The van der Waals surface area contributed by atoms with Crippen LogP contribution < -0.4 is 11.1 Å². The molecule has 5 rings (SSSR count). The number of nitrogens with two attached hydrogens (primary N) is 1. The third-order valence-corrected chi connectivity index (χ3v) is 6.51. The van der Waals surface area contributed by atoms with Gasteiger partial charge in [-0.25, -0.2) is 31.9 Å². The van der Waals surface area contributed by atoms with Crippen molar-refractivity contribution in [3.05, 3.63) is 81.6 Å². The number of nitrogen functional groups attached to an aromatic ring is 1. The van der Waals surface area contributed by atoms with E-state index in [0.717, 1.165) is 11.1 Å². The van der Waals surface area contributed by atoms with Gasteiger partial charge in [0.1, 0.15) is 5.69 Å². The van der Waals surface area contributed by atoms with E-state index in [1.807, 2.05) is 12.1 Å². The number of thiophene rings is 1. The highest BCUT2D eigenvalue weighted by molar-refractivity contribution is 7.13. The molecule has 0 unspecified atom stereocenters. The van der Waals surface area contributed by atoms with Crippen LogP contribution in [0.4, 0.5) is 33.5 Å². The molecule has 0 bridgehead atoms. The van der Waals surface area contributed by atoms with Crippen molar-refractivity contribution >= 4 is 28.7 Å². The second kappa shape index (κ2) is 8.73. The van der Waals surface area contributed by atoms with Crippen molar-refractivity contribution in [3.63, 3.8) is 0 Å². The molecule has 1 aliphatic carbocycles. The molecule has 2 aromatic carbocycles. The number of fused-ring (bicyclic) bond motifs is 3. The number of hydrogen-bond acceptors (Lipinski definition) is 5. The van der Waals surface area contributed by atoms with Crippen LogP contribution in [0, 0.1) is 29.1 Å². The van der Waals surface area contributed by atoms with Crippen molar-refractivity contribution in [2.45, 2.75) is 19.3 Å². The Morgan fingerprint density at radius 2 is 1.66 bits per heavy atom. The summed E-state index contributed by atoms with van der Waals surface area (Å²) in [6, 6.07) is 8.99. The first kappa shape index (κ1) is 22.9. The van der Waals surface area contributed by atoms with E-state index in [-0.39, 0.29) is 5.82 Å². The highest BCUT2D eigenvalue weighted by Crippen LogP contribution is 2.37. The van der Waals surface area contributed by atoms with Gasteiger partial charge in [0.15, 0.2) is 29.1 Å². The summed E-state index contributed by atoms with van der Waals surface area (Å²) in [5, 5.41) is 4.24. The molecule has 2 heterocycles. The van der Waals surface area contributed by atoms with Gasteiger partial charge in [0.25, 0.3) is 0 Å². The number of nitrogens with zero attached hydrogens (tertiary/aromatic N) is 2. The van der Waals surface area contributed by atoms with Crippen LogP contribution >= 0.6 is 11.3 Å². The lowest BCUT2D eigenvalue weighted by molar-refractivity contribution is -0.115. The van der Waals surface area contributed by atoms with E-state index in [2.05, 4.69) is 10.3 Å². The Hall–Kier alpha value is -3.86. The van der Waals surface area contributed by atoms with E-state index >= 15 is 0 Å². The predicted octanol–water partition coefficient (Wildman–Crippen LogP) is 5.43. The monoisotopic (exact) mass is 502 g/mol. The van der Waals surface area contributed by atoms with Gasteiger partial charge >= 0.3 is 0 Å². The van der Waals surface area contributed by atoms with E-state index in [1.54, 1.807) is 23.6 Å². The number of aryl methyl sites for hydroxylation is 2. The Bertz CT molecular complexity index is 1460. The van der Waals surface area contributed by atoms with Crippen molar-refractivity contribution in [2.75, 3.05) is 11.1 Å². The third-order valence-electron chi connectivity index (χ3n) is 5.63. The highest BCUT2D eigenvalue weighted by atomic mass is 32.1. The molecule has 1 aliphatic rings. The number of rotatable bonds is 4. The van der Waals surface area contributed by atoms with E-state index in [9.17, 15) is 26.7 Å². The second-order valence-corrected chi connectivity index (χ2v) is 8.83. The number of halogens is 5. The smallest absolute Gasteiger partial charge is 0.230 e. The molecule has 11 heteroatoms. The summed E-state index contributed by atoms with van der Waals surface area (Å²) in [7, 11) is 0. The maximum atomic E-state index is 14.1. The Balaban J connectivity index is 1.54. The summed E-state index contributed by atoms with van der Waals surface area (Å²) < 4.78 is 68.5. The molecule has 3 N–H and O–H groups in total. The zero-order valence-electron chi connectivity index (χ0n) is 17.8. The van der Waals surface area contributed by atoms with Crippen LogP contribution in [-0.4, -0.2) is 15.9 Å². The summed E-state index contributed by atoms with van der Waals surface area (Å²) in [6.07, 6.45) is 0.0545. The van der Waals surface area contributed by atoms with Crippen molar-refractivity contribution in [1.29, 1.82) is 0 Å². The maximum Gasteiger partial charge on any atom is 0.230 e. The fourth-order valence-corrected chi connectivity index (χ4v) is 4.69. The van der Waals surface area contributed by atoms with Gasteiger partial charge < -0.3 is 11.1 Å². The molecule has 4 aromatic rings. The van der Waals surface area contributed by atoms with Crippen LogP contribution in [0.25, 0.3) is 21.8 Å². The van der Waals surface area contributed by atoms with Gasteiger partial charge in [-0.1, -0.05) is 12.1 Å². The van der Waals surface area contributed by atoms with Crippen LogP contribution in [0.5, 0.6) is 0 Å². The predicted molar refractivity (Wildman–Crippen MR) is 121 cm³/mol. The van der Waals surface area contributed by atoms with Crippen molar-refractivity contribution < 1.29 is 26.7 Å². The lowest BCUT2D eigenvalue weighted by Gasteiger charge is -2.21. The first-order chi connectivity index (χ1) is 16.7. The Labute approximate surface area is 199 Å². The third kappa shape index (κ3) is 4.01. The van der Waals surface area contributed by atoms with Crippen LogP contribution in [0.15, 0.2) is 35.7 Å². The van der Waals surface area contributed by atoms with E-state index in [1.165, 1.54) is 11.3 Å². The molecule has 1 amide bonds. The molecule has 0 fully saturated rings. The molecular weight excluding hydrogens is 487 g/mol. The van der Waals surface area contributed by atoms with E-state index in [4.69, 9.17) is 10.7 Å². The summed E-state index contributed by atoms with van der Waals surface area (Å²) in [5.41, 5.74) is 8.67. The van der Waals surface area contributed by atoms with Gasteiger partial charge in [-0.3, -0.25) is 4.79 Å². The number of aromatic nitrogens is 2. The number of amides is 1. The zero-order valence-corrected chi connectivity index (χ0v) is 18.6. The lowest BCUT2D eigenvalue weighted by atomic mass is 9.91. The standard InChI is InChI=1S/C24H15F5N4OS/c25-17-13(18(26)20(28)21(29)19(17)27)9-16(34)32-24-23(15-2-1-7-35-15)33-22-12-5-4-11(30)8-10(12)3-6-14(22)31-24/h1-2,4-5,7-8H,3,6,9,30H2,(H,31,32,34). The maximum absolute atomic E-state index is 14.1. The number of benzene rings is 2. The average molecular weight is 502 g/mol. The summed E-state index contributed by atoms with van der Waals surface area (Å²) in [6.45, 7) is 0. The first-order valence-electron chi connectivity index (χ1n) is 10.4. The molecule has 0 saturated carbocycles. The zero-order chi connectivity index (χ0) is 24.9. The molecule has 178 valence electrons. The van der Waals surface area contributed by atoms with Crippen LogP contribution in [0.1, 0.15) is 16.8 Å². The van der Waals surface area contributed by atoms with Gasteiger partial charge in [-0.05, 0) is 42.0 Å². The van der Waals surface area contributed by atoms with Gasteiger partial charge in [-0.2, -0.15) is 0 Å². The van der Waals surface area contributed by atoms with E-state index in [0.29, 0.717) is 40.5 Å². The van der Waals surface area contributed by atoms with Crippen LogP contribution in [0.2, 0.25) is 0 Å². The molecule has 0 radical (unpaired) electrons. The second-order valence-electron chi connectivity index (χ2n) is 7.88. The molecule has 0 saturated heterocycles. The molecule has 0 aliphatic heterocycles. The SMILES string of the molecule is Nc1ccc2c(c1)CCc1nc(NC(=O)Cc3c(F)c(F)c(F)c(F)c3F)c(-c3cccs3)nc1-2. The number of hydrogen-bond donors (Lipinski definition) is 2. The minimum Gasteiger partial charge on any atom is -0.399 e. The lowest BCUT2D eigenvalue weighted by Crippen LogP contribution is -2.21. The van der Waals surface area contributed by atoms with Gasteiger partial charge in [-0.15, -0.1) is 11.3 Å². The number of carbonyl (C=O) groups is 1. The first-order valence-corrected chi connectivity index (χ1v) is 11.3. The van der Waals surface area contributed by atoms with Gasteiger partial charge in [0.05, 0.1) is 22.7 Å². The average Bonchev–Trinajstić information content (AvgIpc) is 3.38. The number of anilines is 2. The largest absolute Gasteiger partial charge is 0.399 e. The number of carbonyl (C=O) groups excluding carboxylic acids is 1. The number of nitrogens with one attached hydrogen (secondary N) is 1. The Morgan fingerprint density at radius 1 is 0.943 bits per heavy atom. The van der Waals surface area contributed by atoms with Crippen LogP contribution in [0.3, 0.4) is 0 Å². The molecule has 2 aromatic heterocycles. The van der Waals surface area contributed by atoms with Gasteiger partial charge in [0.2, 0.25) is 11.7 Å². The molecule has 5 nitrogen and oxygen atoms in total. The van der Waals surface area contributed by atoms with Crippen molar-refractivity contribution in [2.24, 2.45) is 0 Å². The summed E-state index contributed by atoms with van der Waals surface area (Å²) in [5.74, 6) is -11.6. The van der Waals surface area contributed by atoms with Gasteiger partial charge in [0, 0.05) is 16.8 Å². The molecule has 0 atom stereocenters. The van der Waals surface area contributed by atoms with Crippen molar-refractivity contribution in [3.8, 4) is 21.8 Å². The quantitative estimate of drug-likeness (QED) is 0.169. The molecular formula is C24H15F5N4OS. The topological polar surface area (TPSA) is 80.9 Å². The fourth-order valence-electron chi connectivity index (χ4n) is 3.98. The molecule has 35 heavy (non-hydrogen) atoms. The fraction of sp³-hybridized carbons (Fsp3) is 0.125. The Morgan fingerprint density at radius 3 is 2.34 bits per heavy atom. The Kier molecular flexibility index (Phi) is 5.72. The summed E-state index contributed by atoms with van der Waals surface area (Å²) >= 11 is 1.33. The summed E-state index contributed by atoms with van der Waals surface area (Å²) in [4.78, 5) is 22.6. The normalized spacial score (nSPS) is 12.3. The minimum atomic E-state index is -2.29. The highest BCUT2D eigenvalue weighted by Gasteiger charge is 2.28. The minimum absolute atomic E-state index is 0.0268. The van der Waals surface area contributed by atoms with Crippen LogP contribution in [-0.2, 0) is 24.1 Å². The van der Waals surface area contributed by atoms with Crippen molar-refractivity contribution in [1.82, 2.24) is 9.97 Å².